The third kappa shape index (κ3) is 3.94. The number of benzene rings is 1. The number of hydrogen-bond donors (Lipinski definition) is 2. The number of nitrogens with zero attached hydrogens (tertiary/aromatic N) is 1. The van der Waals surface area contributed by atoms with Crippen LogP contribution >= 0.6 is 11.3 Å². The lowest BCUT2D eigenvalue weighted by Gasteiger charge is -2.10. The quantitative estimate of drug-likeness (QED) is 0.874. The molecular weight excluding hydrogens is 347 g/mol. The van der Waals surface area contributed by atoms with Gasteiger partial charge in [-0.2, -0.15) is 0 Å². The number of ether oxygens (including phenoxy) is 2. The maximum absolute atomic E-state index is 12.2. The number of rotatable bonds is 4. The highest BCUT2D eigenvalue weighted by atomic mass is 32.1. The SMILES string of the molecule is NC[C@H]1CC[C@@H](C(=O)Nc2nc3ccc(OC(F)(F)F)cc3s2)O1. The Morgan fingerprint density at radius 1 is 1.46 bits per heavy atom. The van der Waals surface area contributed by atoms with E-state index in [1.807, 2.05) is 0 Å². The van der Waals surface area contributed by atoms with E-state index in [1.54, 1.807) is 0 Å². The number of aromatic nitrogens is 1. The van der Waals surface area contributed by atoms with Gasteiger partial charge in [0.1, 0.15) is 11.9 Å². The van der Waals surface area contributed by atoms with Gasteiger partial charge >= 0.3 is 6.36 Å². The number of alkyl halides is 3. The van der Waals surface area contributed by atoms with E-state index < -0.39 is 12.5 Å². The summed E-state index contributed by atoms with van der Waals surface area (Å²) in [7, 11) is 0. The molecule has 0 unspecified atom stereocenters. The highest BCUT2D eigenvalue weighted by molar-refractivity contribution is 7.22. The molecule has 0 aliphatic carbocycles. The smallest absolute Gasteiger partial charge is 0.406 e. The number of amides is 1. The first-order chi connectivity index (χ1) is 11.3. The monoisotopic (exact) mass is 361 g/mol. The number of hydrogen-bond acceptors (Lipinski definition) is 6. The molecule has 1 amide bonds. The normalized spacial score (nSPS) is 21.2. The minimum absolute atomic E-state index is 0.127. The summed E-state index contributed by atoms with van der Waals surface area (Å²) < 4.78 is 46.5. The minimum atomic E-state index is -4.76. The molecule has 2 heterocycles. The first kappa shape index (κ1) is 16.9. The van der Waals surface area contributed by atoms with Crippen molar-refractivity contribution in [2.75, 3.05) is 11.9 Å². The van der Waals surface area contributed by atoms with E-state index in [9.17, 15) is 18.0 Å². The van der Waals surface area contributed by atoms with Crippen molar-refractivity contribution < 1.29 is 27.4 Å². The number of thiazole rings is 1. The number of carbonyl (C=O) groups excluding carboxylic acids is 1. The molecule has 1 saturated heterocycles. The van der Waals surface area contributed by atoms with Crippen molar-refractivity contribution in [1.29, 1.82) is 0 Å². The van der Waals surface area contributed by atoms with Crippen LogP contribution in [0.15, 0.2) is 18.2 Å². The summed E-state index contributed by atoms with van der Waals surface area (Å²) in [4.78, 5) is 16.3. The zero-order valence-electron chi connectivity index (χ0n) is 12.3. The molecule has 24 heavy (non-hydrogen) atoms. The Balaban J connectivity index is 1.70. The van der Waals surface area contributed by atoms with Crippen molar-refractivity contribution in [3.63, 3.8) is 0 Å². The zero-order chi connectivity index (χ0) is 17.3. The van der Waals surface area contributed by atoms with Crippen LogP contribution in [0.3, 0.4) is 0 Å². The predicted molar refractivity (Wildman–Crippen MR) is 81.9 cm³/mol. The molecule has 3 N–H and O–H groups in total. The van der Waals surface area contributed by atoms with Crippen molar-refractivity contribution >= 4 is 32.6 Å². The predicted octanol–water partition coefficient (Wildman–Crippen LogP) is 2.64. The average Bonchev–Trinajstić information content (AvgIpc) is 3.10. The molecule has 0 bridgehead atoms. The lowest BCUT2D eigenvalue weighted by molar-refractivity contribution is -0.274. The van der Waals surface area contributed by atoms with Gasteiger partial charge in [-0.1, -0.05) is 11.3 Å². The van der Waals surface area contributed by atoms with Crippen LogP contribution in [0.1, 0.15) is 12.8 Å². The molecular formula is C14H14F3N3O3S. The van der Waals surface area contributed by atoms with Crippen LogP contribution in [0.4, 0.5) is 18.3 Å². The number of carbonyl (C=O) groups is 1. The second-order valence-corrected chi connectivity index (χ2v) is 6.28. The molecule has 130 valence electrons. The number of fused-ring (bicyclic) bond motifs is 1. The van der Waals surface area contributed by atoms with Gasteiger partial charge in [-0.3, -0.25) is 10.1 Å². The molecule has 1 fully saturated rings. The summed E-state index contributed by atoms with van der Waals surface area (Å²) in [6.07, 6.45) is -4.18. The van der Waals surface area contributed by atoms with Crippen molar-refractivity contribution in [1.82, 2.24) is 4.98 Å². The van der Waals surface area contributed by atoms with Gasteiger partial charge in [0, 0.05) is 12.6 Å². The van der Waals surface area contributed by atoms with Gasteiger partial charge < -0.3 is 15.2 Å². The Bertz CT molecular complexity index is 750. The summed E-state index contributed by atoms with van der Waals surface area (Å²) in [5.41, 5.74) is 5.97. The topological polar surface area (TPSA) is 86.5 Å². The molecule has 1 aromatic heterocycles. The fourth-order valence-electron chi connectivity index (χ4n) is 2.41. The summed E-state index contributed by atoms with van der Waals surface area (Å²) in [6.45, 7) is 0.354. The van der Waals surface area contributed by atoms with Crippen molar-refractivity contribution in [2.24, 2.45) is 5.73 Å². The molecule has 0 spiro atoms. The average molecular weight is 361 g/mol. The van der Waals surface area contributed by atoms with Gasteiger partial charge in [0.2, 0.25) is 0 Å². The van der Waals surface area contributed by atoms with E-state index in [1.165, 1.54) is 18.2 Å². The van der Waals surface area contributed by atoms with Crippen LogP contribution in [0, 0.1) is 0 Å². The summed E-state index contributed by atoms with van der Waals surface area (Å²) in [6, 6.07) is 3.80. The lowest BCUT2D eigenvalue weighted by Crippen LogP contribution is -2.29. The van der Waals surface area contributed by atoms with E-state index in [2.05, 4.69) is 15.0 Å². The Morgan fingerprint density at radius 3 is 2.92 bits per heavy atom. The van der Waals surface area contributed by atoms with Crippen LogP contribution in [0.5, 0.6) is 5.75 Å². The largest absolute Gasteiger partial charge is 0.573 e. The fraction of sp³-hybridized carbons (Fsp3) is 0.429. The minimum Gasteiger partial charge on any atom is -0.406 e. The van der Waals surface area contributed by atoms with Crippen LogP contribution < -0.4 is 15.8 Å². The standard InChI is InChI=1S/C14H14F3N3O3S/c15-14(16,17)23-7-1-3-9-11(5-7)24-13(19-9)20-12(21)10-4-2-8(6-18)22-10/h1,3,5,8,10H,2,4,6,18H2,(H,19,20,21)/t8-,10+/m1/s1. The molecule has 0 saturated carbocycles. The van der Waals surface area contributed by atoms with Crippen molar-refractivity contribution in [3.05, 3.63) is 18.2 Å². The first-order valence-electron chi connectivity index (χ1n) is 7.17. The summed E-state index contributed by atoms with van der Waals surface area (Å²) in [5, 5.41) is 2.92. The van der Waals surface area contributed by atoms with Crippen LogP contribution in [0.2, 0.25) is 0 Å². The van der Waals surface area contributed by atoms with Gasteiger partial charge in [-0.25, -0.2) is 4.98 Å². The number of nitrogens with one attached hydrogen (secondary N) is 1. The Morgan fingerprint density at radius 2 is 2.25 bits per heavy atom. The van der Waals surface area contributed by atoms with Crippen LogP contribution in [0.25, 0.3) is 10.2 Å². The lowest BCUT2D eigenvalue weighted by atomic mass is 10.2. The number of nitrogens with two attached hydrogens (primary N) is 1. The van der Waals surface area contributed by atoms with Crippen molar-refractivity contribution in [2.45, 2.75) is 31.4 Å². The Hall–Kier alpha value is -1.91. The Kier molecular flexibility index (Phi) is 4.61. The molecule has 6 nitrogen and oxygen atoms in total. The number of anilines is 1. The van der Waals surface area contributed by atoms with E-state index in [4.69, 9.17) is 10.5 Å². The van der Waals surface area contributed by atoms with E-state index >= 15 is 0 Å². The summed E-state index contributed by atoms with van der Waals surface area (Å²) in [5.74, 6) is -0.668. The molecule has 2 aromatic rings. The maximum Gasteiger partial charge on any atom is 0.573 e. The van der Waals surface area contributed by atoms with Crippen molar-refractivity contribution in [3.8, 4) is 5.75 Å². The first-order valence-corrected chi connectivity index (χ1v) is 7.98. The fourth-order valence-corrected chi connectivity index (χ4v) is 3.31. The maximum atomic E-state index is 12.2. The number of halogens is 3. The second-order valence-electron chi connectivity index (χ2n) is 5.25. The Labute approximate surface area is 138 Å². The molecule has 2 atom stereocenters. The molecule has 1 aliphatic rings. The molecule has 3 rings (SSSR count). The van der Waals surface area contributed by atoms with Gasteiger partial charge in [-0.15, -0.1) is 13.2 Å². The van der Waals surface area contributed by atoms with E-state index in [0.29, 0.717) is 34.7 Å². The molecule has 1 aliphatic heterocycles. The molecule has 1 aromatic carbocycles. The van der Waals surface area contributed by atoms with E-state index in [0.717, 1.165) is 11.3 Å². The van der Waals surface area contributed by atoms with Gasteiger partial charge in [0.15, 0.2) is 5.13 Å². The van der Waals surface area contributed by atoms with Gasteiger partial charge in [0.25, 0.3) is 5.91 Å². The summed E-state index contributed by atoms with van der Waals surface area (Å²) >= 11 is 1.06. The second kappa shape index (κ2) is 6.54. The zero-order valence-corrected chi connectivity index (χ0v) is 13.1. The van der Waals surface area contributed by atoms with Gasteiger partial charge in [0.05, 0.1) is 16.3 Å². The highest BCUT2D eigenvalue weighted by Gasteiger charge is 2.32. The molecule has 10 heteroatoms. The third-order valence-electron chi connectivity index (χ3n) is 3.49. The van der Waals surface area contributed by atoms with E-state index in [-0.39, 0.29) is 17.8 Å². The van der Waals surface area contributed by atoms with Crippen LogP contribution in [-0.2, 0) is 9.53 Å². The van der Waals surface area contributed by atoms with Crippen LogP contribution in [-0.4, -0.2) is 36.0 Å². The molecule has 0 radical (unpaired) electrons. The highest BCUT2D eigenvalue weighted by Crippen LogP contribution is 2.32. The van der Waals surface area contributed by atoms with Gasteiger partial charge in [-0.05, 0) is 25.0 Å². The third-order valence-corrected chi connectivity index (χ3v) is 4.42.